The van der Waals surface area contributed by atoms with Gasteiger partial charge >= 0.3 is 6.18 Å². The highest BCUT2D eigenvalue weighted by Crippen LogP contribution is 2.35. The normalized spacial score (nSPS) is 14.6. The van der Waals surface area contributed by atoms with Gasteiger partial charge in [-0.3, -0.25) is 4.79 Å². The molecule has 1 amide bonds. The highest BCUT2D eigenvalue weighted by atomic mass is 35.5. The van der Waals surface area contributed by atoms with Crippen LogP contribution in [0.5, 0.6) is 5.75 Å². The van der Waals surface area contributed by atoms with Crippen LogP contribution in [0, 0.1) is 0 Å². The van der Waals surface area contributed by atoms with E-state index in [9.17, 15) is 18.0 Å². The highest BCUT2D eigenvalue weighted by molar-refractivity contribution is 6.33. The molecule has 2 aromatic rings. The Morgan fingerprint density at radius 2 is 2.03 bits per heavy atom. The molecule has 0 saturated carbocycles. The van der Waals surface area contributed by atoms with Crippen LogP contribution in [0.1, 0.15) is 21.5 Å². The number of pyridine rings is 1. The molecule has 0 spiro atoms. The SMILES string of the molecule is COc1ccc(CNc2ncc(C(=O)N3CCOCC3)cc2Cl)c(C(F)(F)F)c1. The Balaban J connectivity index is 1.74. The van der Waals surface area contributed by atoms with Crippen molar-refractivity contribution in [3.63, 3.8) is 0 Å². The van der Waals surface area contributed by atoms with Gasteiger partial charge in [-0.1, -0.05) is 17.7 Å². The van der Waals surface area contributed by atoms with Crippen LogP contribution in [0.4, 0.5) is 19.0 Å². The fraction of sp³-hybridized carbons (Fsp3) is 0.368. The first-order chi connectivity index (χ1) is 13.8. The number of halogens is 4. The van der Waals surface area contributed by atoms with Crippen molar-refractivity contribution in [1.29, 1.82) is 0 Å². The number of morpholine rings is 1. The van der Waals surface area contributed by atoms with Crippen molar-refractivity contribution in [3.05, 3.63) is 52.2 Å². The van der Waals surface area contributed by atoms with Gasteiger partial charge in [0, 0.05) is 25.8 Å². The van der Waals surface area contributed by atoms with Gasteiger partial charge in [-0.25, -0.2) is 4.98 Å². The lowest BCUT2D eigenvalue weighted by Gasteiger charge is -2.26. The van der Waals surface area contributed by atoms with Gasteiger partial charge in [0.05, 0.1) is 36.5 Å². The molecule has 3 rings (SSSR count). The van der Waals surface area contributed by atoms with E-state index < -0.39 is 11.7 Å². The first-order valence-electron chi connectivity index (χ1n) is 8.80. The minimum Gasteiger partial charge on any atom is -0.497 e. The second-order valence-electron chi connectivity index (χ2n) is 6.33. The van der Waals surface area contributed by atoms with E-state index in [1.54, 1.807) is 4.90 Å². The lowest BCUT2D eigenvalue weighted by molar-refractivity contribution is -0.138. The number of amides is 1. The zero-order valence-corrected chi connectivity index (χ0v) is 16.3. The zero-order chi connectivity index (χ0) is 21.0. The molecule has 2 heterocycles. The fourth-order valence-electron chi connectivity index (χ4n) is 2.91. The maximum absolute atomic E-state index is 13.3. The van der Waals surface area contributed by atoms with Crippen LogP contribution in [0.3, 0.4) is 0 Å². The van der Waals surface area contributed by atoms with Crippen LogP contribution in [0.15, 0.2) is 30.5 Å². The molecule has 10 heteroatoms. The summed E-state index contributed by atoms with van der Waals surface area (Å²) >= 11 is 6.19. The van der Waals surface area contributed by atoms with Gasteiger partial charge in [-0.15, -0.1) is 0 Å². The van der Waals surface area contributed by atoms with Crippen LogP contribution in [0.25, 0.3) is 0 Å². The van der Waals surface area contributed by atoms with E-state index in [0.717, 1.165) is 6.07 Å². The minimum absolute atomic E-state index is 0.0182. The number of methoxy groups -OCH3 is 1. The Morgan fingerprint density at radius 1 is 1.31 bits per heavy atom. The Bertz CT molecular complexity index is 887. The number of nitrogens with one attached hydrogen (secondary N) is 1. The molecule has 1 aromatic heterocycles. The Kier molecular flexibility index (Phi) is 6.49. The van der Waals surface area contributed by atoms with Crippen molar-refractivity contribution < 1.29 is 27.4 Å². The maximum Gasteiger partial charge on any atom is 0.416 e. The number of ether oxygens (including phenoxy) is 2. The molecule has 156 valence electrons. The number of carbonyl (C=O) groups is 1. The molecule has 1 fully saturated rings. The van der Waals surface area contributed by atoms with Gasteiger partial charge in [-0.2, -0.15) is 13.2 Å². The number of nitrogens with zero attached hydrogens (tertiary/aromatic N) is 2. The number of rotatable bonds is 5. The average molecular weight is 430 g/mol. The predicted molar refractivity (Wildman–Crippen MR) is 101 cm³/mol. The van der Waals surface area contributed by atoms with E-state index in [1.807, 2.05) is 0 Å². The number of benzene rings is 1. The van der Waals surface area contributed by atoms with Crippen molar-refractivity contribution >= 4 is 23.3 Å². The third-order valence-corrected chi connectivity index (χ3v) is 4.74. The van der Waals surface area contributed by atoms with Gasteiger partial charge in [0.15, 0.2) is 0 Å². The highest BCUT2D eigenvalue weighted by Gasteiger charge is 2.33. The molecular formula is C19H19ClF3N3O3. The summed E-state index contributed by atoms with van der Waals surface area (Å²) in [5.41, 5.74) is -0.480. The molecule has 1 saturated heterocycles. The summed E-state index contributed by atoms with van der Waals surface area (Å²) in [6.07, 6.45) is -3.18. The lowest BCUT2D eigenvalue weighted by Crippen LogP contribution is -2.40. The average Bonchev–Trinajstić information content (AvgIpc) is 2.72. The molecule has 1 aliphatic heterocycles. The largest absolute Gasteiger partial charge is 0.497 e. The Labute approximate surface area is 170 Å². The van der Waals surface area contributed by atoms with Crippen LogP contribution < -0.4 is 10.1 Å². The predicted octanol–water partition coefficient (Wildman–Crippen LogP) is 3.85. The fourth-order valence-corrected chi connectivity index (χ4v) is 3.15. The molecule has 0 atom stereocenters. The first kappa shape index (κ1) is 21.2. The van der Waals surface area contributed by atoms with Gasteiger partial charge < -0.3 is 19.7 Å². The number of anilines is 1. The number of hydrogen-bond acceptors (Lipinski definition) is 5. The van der Waals surface area contributed by atoms with E-state index in [-0.39, 0.29) is 34.6 Å². The van der Waals surface area contributed by atoms with Crippen molar-refractivity contribution in [1.82, 2.24) is 9.88 Å². The summed E-state index contributed by atoms with van der Waals surface area (Å²) in [6, 6.07) is 5.17. The standard InChI is InChI=1S/C19H19ClF3N3O3/c1-28-14-3-2-12(15(9-14)19(21,22)23)10-24-17-16(20)8-13(11-25-17)18(27)26-4-6-29-7-5-26/h2-3,8-9,11H,4-7,10H2,1H3,(H,24,25). The van der Waals surface area contributed by atoms with E-state index in [2.05, 4.69) is 10.3 Å². The molecule has 1 aliphatic rings. The van der Waals surface area contributed by atoms with Crippen molar-refractivity contribution in [2.45, 2.75) is 12.7 Å². The van der Waals surface area contributed by atoms with E-state index in [1.165, 1.54) is 31.5 Å². The van der Waals surface area contributed by atoms with E-state index in [0.29, 0.717) is 31.9 Å². The quantitative estimate of drug-likeness (QED) is 0.782. The summed E-state index contributed by atoms with van der Waals surface area (Å²) in [5, 5.41) is 2.94. The number of carbonyl (C=O) groups excluding carboxylic acids is 1. The molecule has 1 aromatic carbocycles. The van der Waals surface area contributed by atoms with Crippen LogP contribution >= 0.6 is 11.6 Å². The lowest BCUT2D eigenvalue weighted by atomic mass is 10.1. The van der Waals surface area contributed by atoms with Gasteiger partial charge in [0.25, 0.3) is 5.91 Å². The van der Waals surface area contributed by atoms with Crippen LogP contribution in [-0.2, 0) is 17.5 Å². The summed E-state index contributed by atoms with van der Waals surface area (Å²) in [7, 11) is 1.30. The molecular weight excluding hydrogens is 411 g/mol. The second-order valence-corrected chi connectivity index (χ2v) is 6.74. The number of alkyl halides is 3. The number of hydrogen-bond donors (Lipinski definition) is 1. The molecule has 0 radical (unpaired) electrons. The molecule has 29 heavy (non-hydrogen) atoms. The van der Waals surface area contributed by atoms with Gasteiger partial charge in [0.2, 0.25) is 0 Å². The van der Waals surface area contributed by atoms with Crippen molar-refractivity contribution in [2.75, 3.05) is 38.7 Å². The second kappa shape index (κ2) is 8.87. The smallest absolute Gasteiger partial charge is 0.416 e. The molecule has 1 N–H and O–H groups in total. The van der Waals surface area contributed by atoms with Gasteiger partial charge in [-0.05, 0) is 23.8 Å². The molecule has 0 aliphatic carbocycles. The topological polar surface area (TPSA) is 63.7 Å². The summed E-state index contributed by atoms with van der Waals surface area (Å²) in [4.78, 5) is 18.2. The molecule has 0 unspecified atom stereocenters. The summed E-state index contributed by atoms with van der Waals surface area (Å²) in [5.74, 6) is 0.0844. The zero-order valence-electron chi connectivity index (χ0n) is 15.6. The summed E-state index contributed by atoms with van der Waals surface area (Å²) < 4.78 is 50.0. The number of aromatic nitrogens is 1. The first-order valence-corrected chi connectivity index (χ1v) is 9.18. The third kappa shape index (κ3) is 5.10. The van der Waals surface area contributed by atoms with Crippen molar-refractivity contribution in [3.8, 4) is 5.75 Å². The minimum atomic E-state index is -4.53. The van der Waals surface area contributed by atoms with Crippen molar-refractivity contribution in [2.24, 2.45) is 0 Å². The van der Waals surface area contributed by atoms with E-state index in [4.69, 9.17) is 21.1 Å². The summed E-state index contributed by atoms with van der Waals surface area (Å²) in [6.45, 7) is 1.75. The maximum atomic E-state index is 13.3. The van der Waals surface area contributed by atoms with Gasteiger partial charge in [0.1, 0.15) is 11.6 Å². The third-order valence-electron chi connectivity index (χ3n) is 4.46. The Morgan fingerprint density at radius 3 is 2.66 bits per heavy atom. The molecule has 6 nitrogen and oxygen atoms in total. The van der Waals surface area contributed by atoms with E-state index >= 15 is 0 Å². The Hall–Kier alpha value is -2.52. The monoisotopic (exact) mass is 429 g/mol. The van der Waals surface area contributed by atoms with Crippen LogP contribution in [-0.4, -0.2) is 49.2 Å². The molecule has 0 bridgehead atoms. The van der Waals surface area contributed by atoms with Crippen LogP contribution in [0.2, 0.25) is 5.02 Å².